The van der Waals surface area contributed by atoms with Gasteiger partial charge in [0, 0.05) is 32.3 Å². The number of aliphatic hydroxyl groups excluding tert-OH is 2. The number of rotatable bonds is 14. The Morgan fingerprint density at radius 2 is 1.24 bits per heavy atom. The van der Waals surface area contributed by atoms with Gasteiger partial charge < -0.3 is 28.0 Å². The summed E-state index contributed by atoms with van der Waals surface area (Å²) >= 11 is 0. The molecule has 21 heavy (non-hydrogen) atoms. The maximum absolute atomic E-state index is 9.18. The highest BCUT2D eigenvalue weighted by molar-refractivity contribution is 6.60. The average Bonchev–Trinajstić information content (AvgIpc) is 2.40. The number of quaternary nitrogens is 1. The van der Waals surface area contributed by atoms with Gasteiger partial charge >= 0.3 is 8.80 Å². The molecule has 128 valence electrons. The molecule has 0 aliphatic rings. The maximum Gasteiger partial charge on any atom is 0.501 e. The third-order valence-electron chi connectivity index (χ3n) is 3.55. The Bertz CT molecular complexity index is 232. The molecule has 0 bridgehead atoms. The lowest BCUT2D eigenvalue weighted by Crippen LogP contribution is -2.50. The van der Waals surface area contributed by atoms with E-state index in [0.29, 0.717) is 37.4 Å². The van der Waals surface area contributed by atoms with E-state index in [2.05, 4.69) is 7.05 Å². The highest BCUT2D eigenvalue weighted by Gasteiger charge is 2.40. The highest BCUT2D eigenvalue weighted by Crippen LogP contribution is 2.19. The third-order valence-corrected chi connectivity index (χ3v) is 6.70. The van der Waals surface area contributed by atoms with Gasteiger partial charge in [-0.15, -0.1) is 0 Å². The van der Waals surface area contributed by atoms with Crippen molar-refractivity contribution >= 4 is 8.80 Å². The zero-order valence-corrected chi connectivity index (χ0v) is 15.1. The largest absolute Gasteiger partial charge is 0.501 e. The first kappa shape index (κ1) is 21.0. The van der Waals surface area contributed by atoms with Gasteiger partial charge in [-0.25, -0.2) is 0 Å². The van der Waals surface area contributed by atoms with E-state index in [9.17, 15) is 10.2 Å². The smallest absolute Gasteiger partial charge is 0.391 e. The number of nitrogens with zero attached hydrogens (tertiary/aromatic N) is 1. The lowest BCUT2D eigenvalue weighted by molar-refractivity contribution is -0.910. The van der Waals surface area contributed by atoms with Gasteiger partial charge in [0.25, 0.3) is 0 Å². The normalized spacial score (nSPS) is 12.9. The van der Waals surface area contributed by atoms with Crippen molar-refractivity contribution in [1.82, 2.24) is 0 Å². The van der Waals surface area contributed by atoms with Crippen LogP contribution >= 0.6 is 0 Å². The molecule has 0 aliphatic carbocycles. The molecule has 2 N–H and O–H groups in total. The van der Waals surface area contributed by atoms with E-state index in [4.69, 9.17) is 13.3 Å². The molecule has 0 fully saturated rings. The van der Waals surface area contributed by atoms with Crippen LogP contribution in [0, 0.1) is 0 Å². The minimum absolute atomic E-state index is 0.126. The summed E-state index contributed by atoms with van der Waals surface area (Å²) in [7, 11) is -0.523. The highest BCUT2D eigenvalue weighted by atomic mass is 28.4. The Hall–Kier alpha value is -0.0231. The summed E-state index contributed by atoms with van der Waals surface area (Å²) in [6.45, 7) is 10.0. The molecule has 6 nitrogen and oxygen atoms in total. The summed E-state index contributed by atoms with van der Waals surface area (Å²) < 4.78 is 18.2. The number of hydrogen-bond acceptors (Lipinski definition) is 5. The first-order chi connectivity index (χ1) is 10.0. The first-order valence-electron chi connectivity index (χ1n) is 7.98. The van der Waals surface area contributed by atoms with Gasteiger partial charge in [-0.05, 0) is 20.8 Å². The van der Waals surface area contributed by atoms with Crippen LogP contribution in [0.2, 0.25) is 6.04 Å². The minimum atomic E-state index is -2.58. The molecule has 0 rings (SSSR count). The zero-order chi connectivity index (χ0) is 16.2. The fraction of sp³-hybridized carbons (Fsp3) is 1.00. The van der Waals surface area contributed by atoms with Crippen LogP contribution in [0.4, 0.5) is 0 Å². The number of hydrogen-bond donors (Lipinski definition) is 2. The molecule has 7 heteroatoms. The SMILES string of the molecule is CCO[Si](CCC[N+](C)(CCO)CCO)(OCC)OCC. The first-order valence-corrected chi connectivity index (χ1v) is 9.91. The zero-order valence-electron chi connectivity index (χ0n) is 14.1. The molecule has 0 saturated carbocycles. The van der Waals surface area contributed by atoms with Gasteiger partial charge in [0.2, 0.25) is 0 Å². The van der Waals surface area contributed by atoms with E-state index in [1.807, 2.05) is 20.8 Å². The van der Waals surface area contributed by atoms with Gasteiger partial charge in [0.1, 0.15) is 13.1 Å². The summed E-state index contributed by atoms with van der Waals surface area (Å²) in [5.41, 5.74) is 0. The van der Waals surface area contributed by atoms with E-state index < -0.39 is 8.80 Å². The van der Waals surface area contributed by atoms with E-state index in [-0.39, 0.29) is 13.2 Å². The Morgan fingerprint density at radius 1 is 0.810 bits per heavy atom. The van der Waals surface area contributed by atoms with Crippen LogP contribution in [0.25, 0.3) is 0 Å². The van der Waals surface area contributed by atoms with E-state index in [0.717, 1.165) is 19.0 Å². The lowest BCUT2D eigenvalue weighted by atomic mass is 10.3. The van der Waals surface area contributed by atoms with Crippen LogP contribution in [0.1, 0.15) is 27.2 Å². The Labute approximate surface area is 130 Å². The molecule has 0 amide bonds. The predicted octanol–water partition coefficient (Wildman–Crippen LogP) is 0.856. The molecule has 0 radical (unpaired) electrons. The second kappa shape index (κ2) is 11.5. The summed E-state index contributed by atoms with van der Waals surface area (Å²) in [6, 6.07) is 0.771. The molecule has 0 aromatic carbocycles. The lowest BCUT2D eigenvalue weighted by Gasteiger charge is -2.35. The third kappa shape index (κ3) is 8.25. The van der Waals surface area contributed by atoms with Crippen LogP contribution < -0.4 is 0 Å². The standard InChI is InChI=1S/C14H34NO5Si/c1-5-18-21(19-6-2,20-7-3)14-8-9-15(4,10-12-16)11-13-17/h16-17H,5-14H2,1-4H3/q+1. The van der Waals surface area contributed by atoms with E-state index >= 15 is 0 Å². The summed E-state index contributed by atoms with van der Waals surface area (Å²) in [6.07, 6.45) is 0.892. The molecule has 0 aliphatic heterocycles. The van der Waals surface area contributed by atoms with Crippen molar-refractivity contribution in [3.63, 3.8) is 0 Å². The van der Waals surface area contributed by atoms with E-state index in [1.165, 1.54) is 0 Å². The molecule has 0 unspecified atom stereocenters. The van der Waals surface area contributed by atoms with Gasteiger partial charge in [0.15, 0.2) is 0 Å². The van der Waals surface area contributed by atoms with Crippen molar-refractivity contribution < 1.29 is 28.0 Å². The summed E-state index contributed by atoms with van der Waals surface area (Å²) in [5, 5.41) is 18.4. The minimum Gasteiger partial charge on any atom is -0.391 e. The van der Waals surface area contributed by atoms with Gasteiger partial charge in [-0.1, -0.05) is 0 Å². The molecular weight excluding hydrogens is 290 g/mol. The van der Waals surface area contributed by atoms with Crippen LogP contribution in [-0.2, 0) is 13.3 Å². The van der Waals surface area contributed by atoms with Crippen LogP contribution in [0.5, 0.6) is 0 Å². The second-order valence-electron chi connectivity index (χ2n) is 5.32. The predicted molar refractivity (Wildman–Crippen MR) is 85.0 cm³/mol. The Balaban J connectivity index is 4.57. The Morgan fingerprint density at radius 3 is 1.57 bits per heavy atom. The Kier molecular flexibility index (Phi) is 11.5. The van der Waals surface area contributed by atoms with Crippen molar-refractivity contribution in [3.8, 4) is 0 Å². The summed E-state index contributed by atoms with van der Waals surface area (Å²) in [4.78, 5) is 0. The second-order valence-corrected chi connectivity index (χ2v) is 8.06. The molecule has 0 heterocycles. The van der Waals surface area contributed by atoms with Gasteiger partial charge in [-0.2, -0.15) is 0 Å². The van der Waals surface area contributed by atoms with Gasteiger partial charge in [-0.3, -0.25) is 0 Å². The average molecular weight is 325 g/mol. The molecule has 0 aromatic heterocycles. The fourth-order valence-corrected chi connectivity index (χ4v) is 5.09. The molecular formula is C14H34NO5Si+. The fourth-order valence-electron chi connectivity index (χ4n) is 2.50. The number of likely N-dealkylation sites (N-methyl/N-ethyl adjacent to an activating group) is 1. The molecule has 0 spiro atoms. The van der Waals surface area contributed by atoms with Crippen LogP contribution in [-0.4, -0.2) is 83.2 Å². The van der Waals surface area contributed by atoms with Crippen LogP contribution in [0.3, 0.4) is 0 Å². The van der Waals surface area contributed by atoms with Crippen molar-refractivity contribution in [1.29, 1.82) is 0 Å². The number of aliphatic hydroxyl groups is 2. The summed E-state index contributed by atoms with van der Waals surface area (Å²) in [5.74, 6) is 0. The topological polar surface area (TPSA) is 68.2 Å². The van der Waals surface area contributed by atoms with Gasteiger partial charge in [0.05, 0.1) is 26.8 Å². The van der Waals surface area contributed by atoms with Crippen molar-refractivity contribution in [2.75, 3.05) is 59.7 Å². The van der Waals surface area contributed by atoms with E-state index in [1.54, 1.807) is 0 Å². The molecule has 0 aromatic rings. The molecule has 0 atom stereocenters. The monoisotopic (exact) mass is 324 g/mol. The maximum atomic E-state index is 9.18. The molecule has 0 saturated heterocycles. The van der Waals surface area contributed by atoms with Crippen LogP contribution in [0.15, 0.2) is 0 Å². The quantitative estimate of drug-likeness (QED) is 0.366. The van der Waals surface area contributed by atoms with Crippen molar-refractivity contribution in [3.05, 3.63) is 0 Å². The van der Waals surface area contributed by atoms with Crippen molar-refractivity contribution in [2.24, 2.45) is 0 Å². The van der Waals surface area contributed by atoms with Crippen molar-refractivity contribution in [2.45, 2.75) is 33.2 Å².